The highest BCUT2D eigenvalue weighted by Crippen LogP contribution is 2.30. The molecule has 1 unspecified atom stereocenters. The van der Waals surface area contributed by atoms with E-state index < -0.39 is 0 Å². The van der Waals surface area contributed by atoms with Crippen LogP contribution < -0.4 is 10.1 Å². The summed E-state index contributed by atoms with van der Waals surface area (Å²) in [6.45, 7) is 3.94. The molecule has 1 aliphatic rings. The quantitative estimate of drug-likeness (QED) is 0.641. The van der Waals surface area contributed by atoms with Crippen molar-refractivity contribution in [1.29, 1.82) is 0 Å². The molecule has 17 heavy (non-hydrogen) atoms. The maximum atomic E-state index is 5.95. The second-order valence-electron chi connectivity index (χ2n) is 4.26. The molecular formula is C14H18ClNO. The zero-order valence-electron chi connectivity index (χ0n) is 10.1. The predicted octanol–water partition coefficient (Wildman–Crippen LogP) is 3.20. The van der Waals surface area contributed by atoms with E-state index in [1.165, 1.54) is 5.56 Å². The van der Waals surface area contributed by atoms with E-state index in [1.807, 2.05) is 25.1 Å². The molecule has 0 bridgehead atoms. The van der Waals surface area contributed by atoms with Crippen molar-refractivity contribution < 1.29 is 4.74 Å². The van der Waals surface area contributed by atoms with E-state index in [9.17, 15) is 0 Å². The van der Waals surface area contributed by atoms with Crippen LogP contribution in [0.15, 0.2) is 30.4 Å². The Morgan fingerprint density at radius 3 is 3.24 bits per heavy atom. The van der Waals surface area contributed by atoms with Gasteiger partial charge in [0.1, 0.15) is 11.9 Å². The van der Waals surface area contributed by atoms with E-state index in [1.54, 1.807) is 0 Å². The van der Waals surface area contributed by atoms with Crippen molar-refractivity contribution in [3.05, 3.63) is 40.9 Å². The third-order valence-corrected chi connectivity index (χ3v) is 3.09. The van der Waals surface area contributed by atoms with Crippen LogP contribution in [0, 0.1) is 0 Å². The summed E-state index contributed by atoms with van der Waals surface area (Å²) in [7, 11) is 0. The maximum Gasteiger partial charge on any atom is 0.123 e. The second kappa shape index (κ2) is 6.08. The first-order chi connectivity index (χ1) is 8.29. The Morgan fingerprint density at radius 2 is 2.41 bits per heavy atom. The lowest BCUT2D eigenvalue weighted by Crippen LogP contribution is -2.30. The van der Waals surface area contributed by atoms with E-state index in [0.29, 0.717) is 0 Å². The summed E-state index contributed by atoms with van der Waals surface area (Å²) >= 11 is 5.95. The molecule has 92 valence electrons. The van der Waals surface area contributed by atoms with Gasteiger partial charge >= 0.3 is 0 Å². The van der Waals surface area contributed by atoms with Gasteiger partial charge in [-0.05, 0) is 43.7 Å². The van der Waals surface area contributed by atoms with Gasteiger partial charge in [-0.1, -0.05) is 23.8 Å². The highest BCUT2D eigenvalue weighted by atomic mass is 35.5. The molecule has 0 amide bonds. The molecule has 3 heteroatoms. The summed E-state index contributed by atoms with van der Waals surface area (Å²) in [5.41, 5.74) is 1.22. The summed E-state index contributed by atoms with van der Waals surface area (Å²) in [5.74, 6) is 0.981. The first-order valence-corrected chi connectivity index (χ1v) is 6.44. The lowest BCUT2D eigenvalue weighted by molar-refractivity contribution is 0.228. The van der Waals surface area contributed by atoms with Gasteiger partial charge in [-0.3, -0.25) is 0 Å². The molecule has 1 atom stereocenters. The normalized spacial score (nSPS) is 18.4. The minimum absolute atomic E-state index is 0.245. The van der Waals surface area contributed by atoms with Crippen molar-refractivity contribution in [2.45, 2.75) is 25.9 Å². The fourth-order valence-electron chi connectivity index (χ4n) is 2.02. The zero-order valence-corrected chi connectivity index (χ0v) is 10.8. The molecule has 2 nitrogen and oxygen atoms in total. The van der Waals surface area contributed by atoms with Gasteiger partial charge in [0, 0.05) is 18.0 Å². The van der Waals surface area contributed by atoms with Crippen LogP contribution in [-0.4, -0.2) is 19.2 Å². The fourth-order valence-corrected chi connectivity index (χ4v) is 2.21. The summed E-state index contributed by atoms with van der Waals surface area (Å²) in [4.78, 5) is 0. The van der Waals surface area contributed by atoms with Crippen molar-refractivity contribution in [1.82, 2.24) is 5.32 Å². The molecule has 1 aromatic rings. The lowest BCUT2D eigenvalue weighted by atomic mass is 10.1. The molecule has 1 aromatic carbocycles. The van der Waals surface area contributed by atoms with Crippen molar-refractivity contribution >= 4 is 11.6 Å². The molecule has 1 heterocycles. The average Bonchev–Trinajstić information content (AvgIpc) is 2.70. The average molecular weight is 252 g/mol. The van der Waals surface area contributed by atoms with E-state index in [2.05, 4.69) is 17.5 Å². The number of hydrogen-bond donors (Lipinski definition) is 1. The number of allylic oxidation sites excluding steroid dienone is 1. The van der Waals surface area contributed by atoms with Crippen molar-refractivity contribution in [2.24, 2.45) is 0 Å². The lowest BCUT2D eigenvalue weighted by Gasteiger charge is -2.11. The summed E-state index contributed by atoms with van der Waals surface area (Å²) in [6.07, 6.45) is 6.51. The zero-order chi connectivity index (χ0) is 12.1. The van der Waals surface area contributed by atoms with E-state index in [-0.39, 0.29) is 6.10 Å². The van der Waals surface area contributed by atoms with Gasteiger partial charge < -0.3 is 10.1 Å². The topological polar surface area (TPSA) is 21.3 Å². The minimum atomic E-state index is 0.245. The molecule has 0 spiro atoms. The number of benzene rings is 1. The largest absolute Gasteiger partial charge is 0.488 e. The van der Waals surface area contributed by atoms with Crippen molar-refractivity contribution in [3.63, 3.8) is 0 Å². The van der Waals surface area contributed by atoms with Crippen LogP contribution in [0.1, 0.15) is 18.9 Å². The Bertz CT molecular complexity index is 403. The molecule has 0 fully saturated rings. The molecule has 0 aromatic heterocycles. The Labute approximate surface area is 108 Å². The van der Waals surface area contributed by atoms with Gasteiger partial charge in [-0.2, -0.15) is 0 Å². The highest BCUT2D eigenvalue weighted by molar-refractivity contribution is 6.30. The second-order valence-corrected chi connectivity index (χ2v) is 4.69. The van der Waals surface area contributed by atoms with Crippen LogP contribution in [0.3, 0.4) is 0 Å². The number of halogens is 1. The van der Waals surface area contributed by atoms with Crippen LogP contribution in [0.4, 0.5) is 0 Å². The van der Waals surface area contributed by atoms with Gasteiger partial charge in [-0.15, -0.1) is 0 Å². The number of fused-ring (bicyclic) bond motifs is 1. The van der Waals surface area contributed by atoms with E-state index in [4.69, 9.17) is 16.3 Å². The van der Waals surface area contributed by atoms with Crippen LogP contribution in [0.5, 0.6) is 5.75 Å². The number of rotatable bonds is 5. The van der Waals surface area contributed by atoms with Crippen LogP contribution >= 0.6 is 11.6 Å². The molecule has 0 aliphatic carbocycles. The summed E-state index contributed by atoms with van der Waals surface area (Å²) in [5, 5.41) is 4.19. The summed E-state index contributed by atoms with van der Waals surface area (Å²) < 4.78 is 5.83. The monoisotopic (exact) mass is 251 g/mol. The minimum Gasteiger partial charge on any atom is -0.488 e. The Hall–Kier alpha value is -0.990. The van der Waals surface area contributed by atoms with Crippen LogP contribution in [0.25, 0.3) is 0 Å². The van der Waals surface area contributed by atoms with Gasteiger partial charge in [0.05, 0.1) is 0 Å². The van der Waals surface area contributed by atoms with Gasteiger partial charge in [0.25, 0.3) is 0 Å². The molecule has 1 N–H and O–H groups in total. The van der Waals surface area contributed by atoms with Crippen LogP contribution in [0.2, 0.25) is 5.02 Å². The first-order valence-electron chi connectivity index (χ1n) is 6.06. The standard InChI is InChI=1S/C14H18ClNO/c1-2-3-4-7-16-10-13-9-11-8-12(15)5-6-14(11)17-13/h2-3,5-6,8,13,16H,4,7,9-10H2,1H3/b3-2+. The van der Waals surface area contributed by atoms with Crippen molar-refractivity contribution in [2.75, 3.05) is 13.1 Å². The SMILES string of the molecule is C/C=C/CCNCC1Cc2cc(Cl)ccc2O1. The highest BCUT2D eigenvalue weighted by Gasteiger charge is 2.22. The van der Waals surface area contributed by atoms with E-state index in [0.717, 1.165) is 36.7 Å². The molecule has 1 aliphatic heterocycles. The maximum absolute atomic E-state index is 5.95. The fraction of sp³-hybridized carbons (Fsp3) is 0.429. The van der Waals surface area contributed by atoms with Gasteiger partial charge in [0.2, 0.25) is 0 Å². The molecule has 0 saturated heterocycles. The smallest absolute Gasteiger partial charge is 0.123 e. The molecule has 2 rings (SSSR count). The van der Waals surface area contributed by atoms with Crippen molar-refractivity contribution in [3.8, 4) is 5.75 Å². The third kappa shape index (κ3) is 3.48. The van der Waals surface area contributed by atoms with E-state index >= 15 is 0 Å². The molecular weight excluding hydrogens is 234 g/mol. The third-order valence-electron chi connectivity index (χ3n) is 2.86. The first kappa shape index (κ1) is 12.5. The predicted molar refractivity (Wildman–Crippen MR) is 71.9 cm³/mol. The Balaban J connectivity index is 1.76. The number of hydrogen-bond acceptors (Lipinski definition) is 2. The number of nitrogens with one attached hydrogen (secondary N) is 1. The molecule has 0 radical (unpaired) electrons. The van der Waals surface area contributed by atoms with Gasteiger partial charge in [0.15, 0.2) is 0 Å². The Kier molecular flexibility index (Phi) is 4.46. The number of ether oxygens (including phenoxy) is 1. The summed E-state index contributed by atoms with van der Waals surface area (Å²) in [6, 6.07) is 5.83. The van der Waals surface area contributed by atoms with Gasteiger partial charge in [-0.25, -0.2) is 0 Å². The van der Waals surface area contributed by atoms with Crippen LogP contribution in [-0.2, 0) is 6.42 Å². The molecule has 0 saturated carbocycles. The Morgan fingerprint density at radius 1 is 1.53 bits per heavy atom.